The molecule has 0 saturated carbocycles. The molecule has 1 aliphatic heterocycles. The lowest BCUT2D eigenvalue weighted by atomic mass is 10.00. The summed E-state index contributed by atoms with van der Waals surface area (Å²) in [6.45, 7) is 1.30. The Bertz CT molecular complexity index is 684. The first-order valence-corrected chi connectivity index (χ1v) is 8.81. The van der Waals surface area contributed by atoms with E-state index in [1.165, 1.54) is 0 Å². The van der Waals surface area contributed by atoms with Gasteiger partial charge < -0.3 is 14.7 Å². The maximum absolute atomic E-state index is 12.9. The monoisotopic (exact) mass is 339 g/mol. The van der Waals surface area contributed by atoms with Gasteiger partial charge in [-0.05, 0) is 42.5 Å². The molecule has 2 aromatic rings. The fraction of sp³-hybridized carbons (Fsp3) is 0.381. The summed E-state index contributed by atoms with van der Waals surface area (Å²) in [5, 5.41) is 10.5. The minimum atomic E-state index is -0.538. The zero-order valence-electron chi connectivity index (χ0n) is 14.6. The number of carbonyl (C=O) groups excluding carboxylic acids is 1. The molecule has 1 saturated heterocycles. The van der Waals surface area contributed by atoms with E-state index >= 15 is 0 Å². The zero-order valence-corrected chi connectivity index (χ0v) is 14.6. The van der Waals surface area contributed by atoms with Crippen molar-refractivity contribution in [2.24, 2.45) is 0 Å². The van der Waals surface area contributed by atoms with Gasteiger partial charge in [0, 0.05) is 25.3 Å². The Morgan fingerprint density at radius 2 is 1.92 bits per heavy atom. The highest BCUT2D eigenvalue weighted by molar-refractivity contribution is 5.94. The number of rotatable bonds is 6. The summed E-state index contributed by atoms with van der Waals surface area (Å²) >= 11 is 0. The van der Waals surface area contributed by atoms with Gasteiger partial charge >= 0.3 is 0 Å². The van der Waals surface area contributed by atoms with E-state index in [4.69, 9.17) is 4.74 Å². The van der Waals surface area contributed by atoms with E-state index in [0.29, 0.717) is 18.6 Å². The standard InChI is InChI=1S/C21H25NO3/c1-25-15-16-9-11-18(12-10-16)21(24)22-13-5-8-19(22)14-20(23)17-6-3-2-4-7-17/h2-4,6-7,9-12,19-20,23H,5,8,13-15H2,1H3. The largest absolute Gasteiger partial charge is 0.388 e. The van der Waals surface area contributed by atoms with E-state index in [1.54, 1.807) is 7.11 Å². The molecule has 1 aliphatic rings. The fourth-order valence-electron chi connectivity index (χ4n) is 3.49. The molecule has 0 aromatic heterocycles. The number of likely N-dealkylation sites (tertiary alicyclic amines) is 1. The van der Waals surface area contributed by atoms with Gasteiger partial charge in [-0.15, -0.1) is 0 Å². The molecule has 132 valence electrons. The van der Waals surface area contributed by atoms with Gasteiger partial charge in [-0.3, -0.25) is 4.79 Å². The van der Waals surface area contributed by atoms with Crippen molar-refractivity contribution >= 4 is 5.91 Å². The number of carbonyl (C=O) groups is 1. The third-order valence-corrected chi connectivity index (χ3v) is 4.83. The van der Waals surface area contributed by atoms with Crippen molar-refractivity contribution in [3.63, 3.8) is 0 Å². The van der Waals surface area contributed by atoms with Gasteiger partial charge in [-0.1, -0.05) is 42.5 Å². The van der Waals surface area contributed by atoms with E-state index < -0.39 is 6.10 Å². The molecule has 2 aromatic carbocycles. The van der Waals surface area contributed by atoms with Crippen LogP contribution >= 0.6 is 0 Å². The van der Waals surface area contributed by atoms with Crippen LogP contribution in [0, 0.1) is 0 Å². The van der Waals surface area contributed by atoms with E-state index in [2.05, 4.69) is 0 Å². The van der Waals surface area contributed by atoms with Gasteiger partial charge in [0.05, 0.1) is 12.7 Å². The lowest BCUT2D eigenvalue weighted by Gasteiger charge is -2.27. The van der Waals surface area contributed by atoms with E-state index in [0.717, 1.165) is 30.5 Å². The highest BCUT2D eigenvalue weighted by Crippen LogP contribution is 2.28. The minimum Gasteiger partial charge on any atom is -0.388 e. The first-order valence-electron chi connectivity index (χ1n) is 8.81. The van der Waals surface area contributed by atoms with Crippen LogP contribution in [0.3, 0.4) is 0 Å². The van der Waals surface area contributed by atoms with Crippen molar-refractivity contribution in [1.29, 1.82) is 0 Å². The number of hydrogen-bond donors (Lipinski definition) is 1. The molecule has 0 spiro atoms. The van der Waals surface area contributed by atoms with E-state index in [1.807, 2.05) is 59.5 Å². The molecule has 2 unspecified atom stereocenters. The zero-order chi connectivity index (χ0) is 17.6. The molecule has 1 fully saturated rings. The number of methoxy groups -OCH3 is 1. The molecular weight excluding hydrogens is 314 g/mol. The molecule has 3 rings (SSSR count). The predicted molar refractivity (Wildman–Crippen MR) is 97.2 cm³/mol. The van der Waals surface area contributed by atoms with Gasteiger partial charge in [-0.2, -0.15) is 0 Å². The predicted octanol–water partition coefficient (Wildman–Crippen LogP) is 3.56. The van der Waals surface area contributed by atoms with Gasteiger partial charge in [0.2, 0.25) is 0 Å². The number of aliphatic hydroxyl groups excluding tert-OH is 1. The Balaban J connectivity index is 1.67. The Labute approximate surface area is 149 Å². The molecule has 1 N–H and O–H groups in total. The number of hydrogen-bond acceptors (Lipinski definition) is 3. The highest BCUT2D eigenvalue weighted by atomic mass is 16.5. The van der Waals surface area contributed by atoms with Crippen LogP contribution < -0.4 is 0 Å². The number of nitrogens with zero attached hydrogens (tertiary/aromatic N) is 1. The summed E-state index contributed by atoms with van der Waals surface area (Å²) in [4.78, 5) is 14.8. The van der Waals surface area contributed by atoms with Crippen LogP contribution in [0.4, 0.5) is 0 Å². The van der Waals surface area contributed by atoms with Crippen molar-refractivity contribution in [2.75, 3.05) is 13.7 Å². The summed E-state index contributed by atoms with van der Waals surface area (Å²) in [6, 6.07) is 17.3. The molecule has 2 atom stereocenters. The first-order chi connectivity index (χ1) is 12.2. The topological polar surface area (TPSA) is 49.8 Å². The summed E-state index contributed by atoms with van der Waals surface area (Å²) in [5.74, 6) is 0.0479. The molecule has 25 heavy (non-hydrogen) atoms. The van der Waals surface area contributed by atoms with Crippen LogP contribution in [-0.4, -0.2) is 35.6 Å². The van der Waals surface area contributed by atoms with Crippen molar-refractivity contribution in [1.82, 2.24) is 4.90 Å². The Hall–Kier alpha value is -2.17. The first kappa shape index (κ1) is 17.6. The van der Waals surface area contributed by atoms with Crippen molar-refractivity contribution in [3.8, 4) is 0 Å². The second-order valence-electron chi connectivity index (χ2n) is 6.59. The van der Waals surface area contributed by atoms with Crippen LogP contribution in [0.15, 0.2) is 54.6 Å². The summed E-state index contributed by atoms with van der Waals surface area (Å²) in [6.07, 6.45) is 1.97. The second kappa shape index (κ2) is 8.28. The third-order valence-electron chi connectivity index (χ3n) is 4.83. The maximum Gasteiger partial charge on any atom is 0.254 e. The lowest BCUT2D eigenvalue weighted by Crippen LogP contribution is -2.36. The summed E-state index contributed by atoms with van der Waals surface area (Å²) in [7, 11) is 1.66. The SMILES string of the molecule is COCc1ccc(C(=O)N2CCCC2CC(O)c2ccccc2)cc1. The average molecular weight is 339 g/mol. The van der Waals surface area contributed by atoms with Gasteiger partial charge in [0.15, 0.2) is 0 Å². The molecular formula is C21H25NO3. The van der Waals surface area contributed by atoms with Crippen LogP contribution in [-0.2, 0) is 11.3 Å². The van der Waals surface area contributed by atoms with Crippen molar-refractivity contribution in [3.05, 3.63) is 71.3 Å². The molecule has 4 heteroatoms. The van der Waals surface area contributed by atoms with Crippen molar-refractivity contribution in [2.45, 2.75) is 38.0 Å². The van der Waals surface area contributed by atoms with Gasteiger partial charge in [0.25, 0.3) is 5.91 Å². The number of aliphatic hydroxyl groups is 1. The molecule has 0 radical (unpaired) electrons. The molecule has 4 nitrogen and oxygen atoms in total. The number of benzene rings is 2. The minimum absolute atomic E-state index is 0.0479. The summed E-state index contributed by atoms with van der Waals surface area (Å²) < 4.78 is 5.11. The third kappa shape index (κ3) is 4.27. The number of amides is 1. The molecule has 1 heterocycles. The Kier molecular flexibility index (Phi) is 5.84. The van der Waals surface area contributed by atoms with Gasteiger partial charge in [-0.25, -0.2) is 0 Å². The maximum atomic E-state index is 12.9. The molecule has 1 amide bonds. The highest BCUT2D eigenvalue weighted by Gasteiger charge is 2.31. The lowest BCUT2D eigenvalue weighted by molar-refractivity contribution is 0.0667. The Morgan fingerprint density at radius 1 is 1.20 bits per heavy atom. The van der Waals surface area contributed by atoms with Crippen LogP contribution in [0.5, 0.6) is 0 Å². The van der Waals surface area contributed by atoms with Crippen LogP contribution in [0.1, 0.15) is 46.9 Å². The van der Waals surface area contributed by atoms with Crippen LogP contribution in [0.25, 0.3) is 0 Å². The fourth-order valence-corrected chi connectivity index (χ4v) is 3.49. The quantitative estimate of drug-likeness (QED) is 0.875. The van der Waals surface area contributed by atoms with E-state index in [-0.39, 0.29) is 11.9 Å². The second-order valence-corrected chi connectivity index (χ2v) is 6.59. The van der Waals surface area contributed by atoms with Gasteiger partial charge in [0.1, 0.15) is 0 Å². The smallest absolute Gasteiger partial charge is 0.254 e. The molecule has 0 aliphatic carbocycles. The van der Waals surface area contributed by atoms with E-state index in [9.17, 15) is 9.90 Å². The van der Waals surface area contributed by atoms with Crippen molar-refractivity contribution < 1.29 is 14.6 Å². The van der Waals surface area contributed by atoms with Crippen LogP contribution in [0.2, 0.25) is 0 Å². The number of ether oxygens (including phenoxy) is 1. The Morgan fingerprint density at radius 3 is 2.60 bits per heavy atom. The summed E-state index contributed by atoms with van der Waals surface area (Å²) in [5.41, 5.74) is 2.66. The average Bonchev–Trinajstić information content (AvgIpc) is 3.11. The molecule has 0 bridgehead atoms. The normalized spacial score (nSPS) is 18.3.